The largest absolute Gasteiger partial charge is 0.356 e. The molecule has 1 saturated heterocycles. The van der Waals surface area contributed by atoms with Crippen molar-refractivity contribution in [2.45, 2.75) is 46.6 Å². The van der Waals surface area contributed by atoms with E-state index in [4.69, 9.17) is 0 Å². The molecule has 0 spiro atoms. The molecule has 0 bridgehead atoms. The summed E-state index contributed by atoms with van der Waals surface area (Å²) in [6, 6.07) is 5.90. The highest BCUT2D eigenvalue weighted by Crippen LogP contribution is 2.29. The Hall–Kier alpha value is -3.27. The maximum Gasteiger partial charge on any atom is 0.273 e. The number of rotatable bonds is 7. The van der Waals surface area contributed by atoms with Crippen molar-refractivity contribution in [1.82, 2.24) is 19.9 Å². The fourth-order valence-corrected chi connectivity index (χ4v) is 5.31. The molecule has 10 heteroatoms. The second-order valence-corrected chi connectivity index (χ2v) is 9.49. The van der Waals surface area contributed by atoms with E-state index >= 15 is 0 Å². The van der Waals surface area contributed by atoms with Crippen molar-refractivity contribution in [3.05, 3.63) is 46.0 Å². The Morgan fingerprint density at radius 3 is 2.85 bits per heavy atom. The molecule has 0 unspecified atom stereocenters. The molecule has 3 aromatic rings. The highest BCUT2D eigenvalue weighted by Gasteiger charge is 2.27. The normalized spacial score (nSPS) is 16.0. The lowest BCUT2D eigenvalue weighted by molar-refractivity contribution is -0.125. The molecule has 3 heterocycles. The number of amides is 2. The summed E-state index contributed by atoms with van der Waals surface area (Å²) in [5, 5.41) is 6.53. The standard InChI is InChI=1S/C24H30N6O3S/c1-4-16-9-6-8-15(3)19(16)27-18(31)13-30-14-26-21-20(23(30)33)34-24(28-21)29-11-7-10-17(12-29)22(32)25-5-2/h6,8-9,14,17H,4-5,7,10-13H2,1-3H3,(H,25,32)(H,27,31)/t17-/m1/s1. The number of hydrogen-bond acceptors (Lipinski definition) is 7. The summed E-state index contributed by atoms with van der Waals surface area (Å²) in [5.41, 5.74) is 2.90. The average Bonchev–Trinajstić information content (AvgIpc) is 3.28. The number of aryl methyl sites for hydroxylation is 2. The molecule has 1 aliphatic rings. The number of para-hydroxylation sites is 1. The molecule has 9 nitrogen and oxygen atoms in total. The maximum absolute atomic E-state index is 13.1. The van der Waals surface area contributed by atoms with Gasteiger partial charge in [-0.25, -0.2) is 4.98 Å². The van der Waals surface area contributed by atoms with Gasteiger partial charge in [0.2, 0.25) is 11.8 Å². The molecule has 4 rings (SSSR count). The Bertz CT molecular complexity index is 1270. The predicted molar refractivity (Wildman–Crippen MR) is 134 cm³/mol. The summed E-state index contributed by atoms with van der Waals surface area (Å²) in [5.74, 6) is -0.319. The van der Waals surface area contributed by atoms with E-state index in [1.165, 1.54) is 22.2 Å². The number of nitrogens with zero attached hydrogens (tertiary/aromatic N) is 4. The minimum Gasteiger partial charge on any atom is -0.356 e. The predicted octanol–water partition coefficient (Wildman–Crippen LogP) is 2.72. The number of fused-ring (bicyclic) bond motifs is 1. The molecule has 0 aliphatic carbocycles. The Morgan fingerprint density at radius 2 is 2.09 bits per heavy atom. The molecule has 34 heavy (non-hydrogen) atoms. The lowest BCUT2D eigenvalue weighted by Crippen LogP contribution is -2.43. The minimum atomic E-state index is -0.290. The SMILES string of the molecule is CCNC(=O)[C@@H]1CCCN(c2nc3ncn(CC(=O)Nc4c(C)cccc4CC)c(=O)c3s2)C1. The number of aromatic nitrogens is 3. The van der Waals surface area contributed by atoms with Crippen LogP contribution in [0.25, 0.3) is 10.3 Å². The molecule has 1 atom stereocenters. The summed E-state index contributed by atoms with van der Waals surface area (Å²) in [6.07, 6.45) is 3.90. The second kappa shape index (κ2) is 10.3. The van der Waals surface area contributed by atoms with Crippen molar-refractivity contribution in [1.29, 1.82) is 0 Å². The first-order chi connectivity index (χ1) is 16.4. The number of benzene rings is 1. The molecular weight excluding hydrogens is 452 g/mol. The lowest BCUT2D eigenvalue weighted by atomic mass is 9.97. The zero-order chi connectivity index (χ0) is 24.2. The Labute approximate surface area is 202 Å². The van der Waals surface area contributed by atoms with Crippen LogP contribution in [0.3, 0.4) is 0 Å². The molecule has 1 fully saturated rings. The van der Waals surface area contributed by atoms with Gasteiger partial charge >= 0.3 is 0 Å². The quantitative estimate of drug-likeness (QED) is 0.536. The van der Waals surface area contributed by atoms with Gasteiger partial charge in [-0.15, -0.1) is 0 Å². The van der Waals surface area contributed by atoms with Crippen molar-refractivity contribution in [2.75, 3.05) is 29.9 Å². The van der Waals surface area contributed by atoms with Crippen LogP contribution in [-0.4, -0.2) is 46.0 Å². The molecule has 2 amide bonds. The van der Waals surface area contributed by atoms with Gasteiger partial charge in [0.15, 0.2) is 10.8 Å². The summed E-state index contributed by atoms with van der Waals surface area (Å²) in [4.78, 5) is 49.0. The van der Waals surface area contributed by atoms with Gasteiger partial charge in [0.05, 0.1) is 5.92 Å². The van der Waals surface area contributed by atoms with Gasteiger partial charge in [0.1, 0.15) is 17.6 Å². The van der Waals surface area contributed by atoms with Crippen LogP contribution >= 0.6 is 11.3 Å². The summed E-state index contributed by atoms with van der Waals surface area (Å²) in [6.45, 7) is 7.72. The highest BCUT2D eigenvalue weighted by atomic mass is 32.1. The first-order valence-corrected chi connectivity index (χ1v) is 12.5. The van der Waals surface area contributed by atoms with Crippen molar-refractivity contribution in [2.24, 2.45) is 5.92 Å². The van der Waals surface area contributed by atoms with Gasteiger partial charge in [0.25, 0.3) is 5.56 Å². The average molecular weight is 483 g/mol. The zero-order valence-electron chi connectivity index (χ0n) is 19.8. The summed E-state index contributed by atoms with van der Waals surface area (Å²) >= 11 is 1.27. The molecule has 180 valence electrons. The zero-order valence-corrected chi connectivity index (χ0v) is 20.6. The van der Waals surface area contributed by atoms with E-state index in [0.29, 0.717) is 28.6 Å². The van der Waals surface area contributed by atoms with Crippen LogP contribution in [0.15, 0.2) is 29.3 Å². The van der Waals surface area contributed by atoms with Crippen LogP contribution in [0.5, 0.6) is 0 Å². The maximum atomic E-state index is 13.1. The molecule has 2 N–H and O–H groups in total. The van der Waals surface area contributed by atoms with Crippen LogP contribution in [0.1, 0.15) is 37.8 Å². The van der Waals surface area contributed by atoms with Crippen molar-refractivity contribution in [3.63, 3.8) is 0 Å². The van der Waals surface area contributed by atoms with Gasteiger partial charge in [0, 0.05) is 25.3 Å². The molecule has 2 aromatic heterocycles. The van der Waals surface area contributed by atoms with Gasteiger partial charge in [-0.05, 0) is 44.2 Å². The monoisotopic (exact) mass is 482 g/mol. The number of thiazole rings is 1. The highest BCUT2D eigenvalue weighted by molar-refractivity contribution is 7.22. The van der Waals surface area contributed by atoms with E-state index in [-0.39, 0.29) is 29.8 Å². The van der Waals surface area contributed by atoms with Gasteiger partial charge < -0.3 is 15.5 Å². The van der Waals surface area contributed by atoms with E-state index in [0.717, 1.165) is 42.6 Å². The third-order valence-electron chi connectivity index (χ3n) is 6.10. The van der Waals surface area contributed by atoms with Crippen LogP contribution in [0, 0.1) is 12.8 Å². The van der Waals surface area contributed by atoms with Crippen molar-refractivity contribution >= 4 is 44.3 Å². The van der Waals surface area contributed by atoms with Gasteiger partial charge in [-0.3, -0.25) is 19.0 Å². The molecule has 1 aromatic carbocycles. The Kier molecular flexibility index (Phi) is 7.26. The van der Waals surface area contributed by atoms with E-state index < -0.39 is 0 Å². The second-order valence-electron chi connectivity index (χ2n) is 8.52. The Balaban J connectivity index is 1.52. The Morgan fingerprint density at radius 1 is 1.26 bits per heavy atom. The van der Waals surface area contributed by atoms with E-state index in [1.807, 2.05) is 39.0 Å². The molecule has 0 radical (unpaired) electrons. The van der Waals surface area contributed by atoms with Gasteiger partial charge in [-0.1, -0.05) is 36.5 Å². The fourth-order valence-electron chi connectivity index (χ4n) is 4.30. The first-order valence-electron chi connectivity index (χ1n) is 11.7. The third kappa shape index (κ3) is 4.96. The van der Waals surface area contributed by atoms with Crippen LogP contribution < -0.4 is 21.1 Å². The van der Waals surface area contributed by atoms with Crippen molar-refractivity contribution in [3.8, 4) is 0 Å². The first kappa shape index (κ1) is 23.9. The van der Waals surface area contributed by atoms with E-state index in [1.54, 1.807) is 0 Å². The number of anilines is 2. The van der Waals surface area contributed by atoms with Gasteiger partial charge in [-0.2, -0.15) is 4.98 Å². The number of carbonyl (C=O) groups excluding carboxylic acids is 2. The minimum absolute atomic E-state index is 0.0553. The van der Waals surface area contributed by atoms with E-state index in [9.17, 15) is 14.4 Å². The molecular formula is C24H30N6O3S. The number of hydrogen-bond donors (Lipinski definition) is 2. The molecule has 0 saturated carbocycles. The number of piperidine rings is 1. The smallest absolute Gasteiger partial charge is 0.273 e. The van der Waals surface area contributed by atoms with E-state index in [2.05, 4.69) is 25.5 Å². The third-order valence-corrected chi connectivity index (χ3v) is 7.20. The summed E-state index contributed by atoms with van der Waals surface area (Å²) in [7, 11) is 0. The van der Waals surface area contributed by atoms with Crippen LogP contribution in [0.4, 0.5) is 10.8 Å². The van der Waals surface area contributed by atoms with Crippen LogP contribution in [-0.2, 0) is 22.6 Å². The van der Waals surface area contributed by atoms with Crippen LogP contribution in [0.2, 0.25) is 0 Å². The van der Waals surface area contributed by atoms with Crippen molar-refractivity contribution < 1.29 is 9.59 Å². The molecule has 1 aliphatic heterocycles. The summed E-state index contributed by atoms with van der Waals surface area (Å²) < 4.78 is 1.73. The lowest BCUT2D eigenvalue weighted by Gasteiger charge is -2.31. The topological polar surface area (TPSA) is 109 Å². The number of nitrogens with one attached hydrogen (secondary N) is 2. The number of carbonyl (C=O) groups is 2. The fraction of sp³-hybridized carbons (Fsp3) is 0.458.